The fraction of sp³-hybridized carbons (Fsp3) is 0. The Kier molecular flexibility index (Phi) is 3.49. The van der Waals surface area contributed by atoms with Gasteiger partial charge < -0.3 is 9.63 Å². The topological polar surface area (TPSA) is 105 Å². The highest BCUT2D eigenvalue weighted by molar-refractivity contribution is 7.16. The van der Waals surface area contributed by atoms with Gasteiger partial charge in [-0.3, -0.25) is 10.1 Å². The van der Waals surface area contributed by atoms with Crippen molar-refractivity contribution >= 4 is 34.4 Å². The third-order valence-electron chi connectivity index (χ3n) is 1.80. The number of amides is 1. The fourth-order valence-electron chi connectivity index (χ4n) is 1.07. The minimum Gasteiger partial charge on any atom is -0.478 e. The molecule has 2 aromatic heterocycles. The Morgan fingerprint density at radius 1 is 1.50 bits per heavy atom. The number of nitrogens with zero attached hydrogens (tertiary/aromatic N) is 2. The summed E-state index contributed by atoms with van der Waals surface area (Å²) in [6.07, 6.45) is 5.14. The molecular weight excluding hydrogens is 258 g/mol. The van der Waals surface area contributed by atoms with Crippen molar-refractivity contribution in [3.63, 3.8) is 0 Å². The molecule has 92 valence electrons. The number of aliphatic carboxylic acids is 1. The van der Waals surface area contributed by atoms with Crippen LogP contribution in [0, 0.1) is 0 Å². The van der Waals surface area contributed by atoms with Crippen LogP contribution in [0.15, 0.2) is 29.1 Å². The zero-order valence-corrected chi connectivity index (χ0v) is 9.68. The van der Waals surface area contributed by atoms with E-state index in [4.69, 9.17) is 5.11 Å². The van der Waals surface area contributed by atoms with Gasteiger partial charge in [0.05, 0.1) is 0 Å². The lowest BCUT2D eigenvalue weighted by atomic mass is 10.4. The summed E-state index contributed by atoms with van der Waals surface area (Å²) in [6, 6.07) is 1.42. The number of nitrogens with one attached hydrogen (secondary N) is 1. The summed E-state index contributed by atoms with van der Waals surface area (Å²) in [5, 5.41) is 14.8. The molecule has 2 rings (SSSR count). The number of carbonyl (C=O) groups is 2. The van der Waals surface area contributed by atoms with E-state index in [0.29, 0.717) is 10.0 Å². The molecule has 0 spiro atoms. The van der Waals surface area contributed by atoms with E-state index >= 15 is 0 Å². The van der Waals surface area contributed by atoms with E-state index in [1.807, 2.05) is 0 Å². The Bertz CT molecular complexity index is 588. The Hall–Kier alpha value is -2.48. The highest BCUT2D eigenvalue weighted by atomic mass is 32.1. The van der Waals surface area contributed by atoms with Crippen LogP contribution < -0.4 is 5.32 Å². The first-order valence-electron chi connectivity index (χ1n) is 4.74. The average molecular weight is 265 g/mol. The van der Waals surface area contributed by atoms with Crippen LogP contribution in [-0.2, 0) is 4.79 Å². The molecule has 2 N–H and O–H groups in total. The Morgan fingerprint density at radius 2 is 2.33 bits per heavy atom. The summed E-state index contributed by atoms with van der Waals surface area (Å²) >= 11 is 1.15. The van der Waals surface area contributed by atoms with Crippen molar-refractivity contribution in [2.75, 3.05) is 5.32 Å². The minimum atomic E-state index is -1.04. The van der Waals surface area contributed by atoms with E-state index in [1.54, 1.807) is 0 Å². The van der Waals surface area contributed by atoms with E-state index in [9.17, 15) is 9.59 Å². The van der Waals surface area contributed by atoms with Gasteiger partial charge in [0, 0.05) is 23.2 Å². The van der Waals surface area contributed by atoms with Gasteiger partial charge in [-0.1, -0.05) is 16.5 Å². The molecule has 8 heteroatoms. The van der Waals surface area contributed by atoms with Crippen molar-refractivity contribution in [1.29, 1.82) is 0 Å². The van der Waals surface area contributed by atoms with Crippen LogP contribution in [-0.4, -0.2) is 27.1 Å². The second kappa shape index (κ2) is 5.23. The predicted molar refractivity (Wildman–Crippen MR) is 63.2 cm³/mol. The maximum atomic E-state index is 11.6. The molecule has 0 unspecified atom stereocenters. The molecule has 18 heavy (non-hydrogen) atoms. The number of thiazole rings is 1. The van der Waals surface area contributed by atoms with Crippen molar-refractivity contribution in [3.05, 3.63) is 35.2 Å². The van der Waals surface area contributed by atoms with E-state index in [2.05, 4.69) is 20.0 Å². The van der Waals surface area contributed by atoms with Gasteiger partial charge in [0.1, 0.15) is 6.26 Å². The third-order valence-corrected chi connectivity index (χ3v) is 2.68. The van der Waals surface area contributed by atoms with Crippen molar-refractivity contribution in [3.8, 4) is 0 Å². The van der Waals surface area contributed by atoms with Gasteiger partial charge in [0.2, 0.25) is 0 Å². The molecule has 0 aliphatic rings. The normalized spacial score (nSPS) is 10.7. The summed E-state index contributed by atoms with van der Waals surface area (Å²) in [6.45, 7) is 0. The molecular formula is C10H7N3O4S. The van der Waals surface area contributed by atoms with Crippen LogP contribution in [0.4, 0.5) is 5.13 Å². The number of carboxylic acids is 1. The zero-order valence-electron chi connectivity index (χ0n) is 8.86. The number of anilines is 1. The summed E-state index contributed by atoms with van der Waals surface area (Å²) in [7, 11) is 0. The Morgan fingerprint density at radius 3 is 3.00 bits per heavy atom. The summed E-state index contributed by atoms with van der Waals surface area (Å²) < 4.78 is 4.54. The number of rotatable bonds is 4. The van der Waals surface area contributed by atoms with Crippen molar-refractivity contribution in [2.24, 2.45) is 0 Å². The molecule has 7 nitrogen and oxygen atoms in total. The Labute approximate surface area is 105 Å². The van der Waals surface area contributed by atoms with Crippen molar-refractivity contribution < 1.29 is 19.2 Å². The molecule has 0 aliphatic carbocycles. The number of carboxylic acid groups (broad SMARTS) is 1. The van der Waals surface area contributed by atoms with Gasteiger partial charge in [-0.15, -0.1) is 0 Å². The highest BCUT2D eigenvalue weighted by Gasteiger charge is 2.10. The lowest BCUT2D eigenvalue weighted by Gasteiger charge is -1.95. The Balaban J connectivity index is 2.03. The third kappa shape index (κ3) is 3.01. The van der Waals surface area contributed by atoms with Gasteiger partial charge in [-0.25, -0.2) is 9.78 Å². The second-order valence-electron chi connectivity index (χ2n) is 3.08. The number of aromatic nitrogens is 2. The van der Waals surface area contributed by atoms with Crippen LogP contribution >= 0.6 is 11.3 Å². The van der Waals surface area contributed by atoms with E-state index in [-0.39, 0.29) is 5.69 Å². The van der Waals surface area contributed by atoms with Gasteiger partial charge >= 0.3 is 5.97 Å². The van der Waals surface area contributed by atoms with Gasteiger partial charge in [0.25, 0.3) is 5.91 Å². The molecule has 0 atom stereocenters. The van der Waals surface area contributed by atoms with Gasteiger partial charge in [0.15, 0.2) is 10.8 Å². The summed E-state index contributed by atoms with van der Waals surface area (Å²) in [5.74, 6) is -1.48. The van der Waals surface area contributed by atoms with Crippen LogP contribution in [0.1, 0.15) is 15.4 Å². The van der Waals surface area contributed by atoms with Crippen LogP contribution in [0.25, 0.3) is 6.08 Å². The molecule has 0 radical (unpaired) electrons. The lowest BCUT2D eigenvalue weighted by Crippen LogP contribution is -2.11. The molecule has 1 amide bonds. The van der Waals surface area contributed by atoms with E-state index in [0.717, 1.165) is 17.4 Å². The maximum Gasteiger partial charge on any atom is 0.328 e. The minimum absolute atomic E-state index is 0.146. The largest absolute Gasteiger partial charge is 0.478 e. The molecule has 0 bridgehead atoms. The van der Waals surface area contributed by atoms with Crippen LogP contribution in [0.5, 0.6) is 0 Å². The highest BCUT2D eigenvalue weighted by Crippen LogP contribution is 2.19. The van der Waals surface area contributed by atoms with Gasteiger partial charge in [-0.2, -0.15) is 0 Å². The van der Waals surface area contributed by atoms with Crippen molar-refractivity contribution in [1.82, 2.24) is 10.1 Å². The molecule has 0 aliphatic heterocycles. The number of hydrogen-bond donors (Lipinski definition) is 2. The number of hydrogen-bond acceptors (Lipinski definition) is 6. The molecule has 0 fully saturated rings. The standard InChI is InChI=1S/C10H7N3O4S/c14-8(15)2-1-6-5-11-10(18-6)12-9(16)7-3-4-17-13-7/h1-5H,(H,14,15)(H,11,12,16). The van der Waals surface area contributed by atoms with Crippen LogP contribution in [0.3, 0.4) is 0 Å². The summed E-state index contributed by atoms with van der Waals surface area (Å²) in [5.41, 5.74) is 0.146. The monoisotopic (exact) mass is 265 g/mol. The smallest absolute Gasteiger partial charge is 0.328 e. The molecule has 0 aromatic carbocycles. The first kappa shape index (κ1) is 12.0. The zero-order chi connectivity index (χ0) is 13.0. The molecule has 0 saturated carbocycles. The fourth-order valence-corrected chi connectivity index (χ4v) is 1.78. The van der Waals surface area contributed by atoms with E-state index < -0.39 is 11.9 Å². The maximum absolute atomic E-state index is 11.6. The molecule has 2 aromatic rings. The summed E-state index contributed by atoms with van der Waals surface area (Å²) in [4.78, 5) is 26.4. The average Bonchev–Trinajstić information content (AvgIpc) is 2.97. The predicted octanol–water partition coefficient (Wildman–Crippen LogP) is 1.48. The van der Waals surface area contributed by atoms with Crippen LogP contribution in [0.2, 0.25) is 0 Å². The first-order chi connectivity index (χ1) is 8.65. The molecule has 0 saturated heterocycles. The quantitative estimate of drug-likeness (QED) is 0.811. The lowest BCUT2D eigenvalue weighted by molar-refractivity contribution is -0.131. The van der Waals surface area contributed by atoms with Gasteiger partial charge in [-0.05, 0) is 6.08 Å². The van der Waals surface area contributed by atoms with Crippen molar-refractivity contribution in [2.45, 2.75) is 0 Å². The van der Waals surface area contributed by atoms with E-state index in [1.165, 1.54) is 24.6 Å². The molecule has 2 heterocycles. The first-order valence-corrected chi connectivity index (χ1v) is 5.55. The number of carbonyl (C=O) groups excluding carboxylic acids is 1. The SMILES string of the molecule is O=C(O)C=Cc1cnc(NC(=O)c2ccon2)s1. The second-order valence-corrected chi connectivity index (χ2v) is 4.14.